The Balaban J connectivity index is 2.18. The highest BCUT2D eigenvalue weighted by Gasteiger charge is 2.29. The Bertz CT molecular complexity index is 831. The second-order valence-electron chi connectivity index (χ2n) is 8.18. The molecule has 0 aromatic heterocycles. The number of nitrogens with zero attached hydrogens (tertiary/aromatic N) is 1. The van der Waals surface area contributed by atoms with E-state index < -0.39 is 6.04 Å². The molecule has 5 heteroatoms. The SMILES string of the molecule is CC[C@@H](C(=O)NCC(C)C)N(Cc1cccc(C)c1)C(=O)COc1ccc(C)cc1. The normalized spacial score (nSPS) is 11.8. The number of benzene rings is 2. The van der Waals surface area contributed by atoms with E-state index in [1.54, 1.807) is 4.90 Å². The van der Waals surface area contributed by atoms with Crippen LogP contribution in [-0.4, -0.2) is 35.9 Å². The first-order chi connectivity index (χ1) is 14.3. The quantitative estimate of drug-likeness (QED) is 0.637. The summed E-state index contributed by atoms with van der Waals surface area (Å²) in [6, 6.07) is 15.0. The van der Waals surface area contributed by atoms with Crippen molar-refractivity contribution in [1.82, 2.24) is 10.2 Å². The van der Waals surface area contributed by atoms with E-state index in [4.69, 9.17) is 4.74 Å². The minimum atomic E-state index is -0.543. The molecule has 0 spiro atoms. The van der Waals surface area contributed by atoms with E-state index in [0.29, 0.717) is 31.2 Å². The van der Waals surface area contributed by atoms with Crippen LogP contribution in [0.25, 0.3) is 0 Å². The molecule has 1 atom stereocenters. The average molecular weight is 411 g/mol. The summed E-state index contributed by atoms with van der Waals surface area (Å²) in [6.45, 7) is 10.9. The largest absolute Gasteiger partial charge is 0.484 e. The molecular weight excluding hydrogens is 376 g/mol. The molecule has 0 heterocycles. The summed E-state index contributed by atoms with van der Waals surface area (Å²) in [7, 11) is 0. The molecule has 162 valence electrons. The Morgan fingerprint density at radius 1 is 1.03 bits per heavy atom. The van der Waals surface area contributed by atoms with Crippen LogP contribution in [0.15, 0.2) is 48.5 Å². The molecule has 0 saturated heterocycles. The first kappa shape index (κ1) is 23.5. The fourth-order valence-corrected chi connectivity index (χ4v) is 3.21. The first-order valence-electron chi connectivity index (χ1n) is 10.6. The molecule has 30 heavy (non-hydrogen) atoms. The van der Waals surface area contributed by atoms with Gasteiger partial charge in [-0.3, -0.25) is 9.59 Å². The topological polar surface area (TPSA) is 58.6 Å². The Hall–Kier alpha value is -2.82. The third-order valence-corrected chi connectivity index (χ3v) is 4.89. The molecule has 2 amide bonds. The van der Waals surface area contributed by atoms with Gasteiger partial charge < -0.3 is 15.0 Å². The van der Waals surface area contributed by atoms with Crippen molar-refractivity contribution in [2.45, 2.75) is 53.6 Å². The zero-order valence-electron chi connectivity index (χ0n) is 18.8. The molecule has 2 aromatic carbocycles. The molecule has 0 bridgehead atoms. The van der Waals surface area contributed by atoms with Gasteiger partial charge in [-0.05, 0) is 43.9 Å². The van der Waals surface area contributed by atoms with E-state index >= 15 is 0 Å². The van der Waals surface area contributed by atoms with Gasteiger partial charge in [0.2, 0.25) is 5.91 Å². The van der Waals surface area contributed by atoms with Crippen molar-refractivity contribution in [3.05, 3.63) is 65.2 Å². The van der Waals surface area contributed by atoms with Crippen LogP contribution >= 0.6 is 0 Å². The molecule has 1 N–H and O–H groups in total. The predicted octanol–water partition coefficient (Wildman–Crippen LogP) is 4.26. The van der Waals surface area contributed by atoms with Gasteiger partial charge in [0.25, 0.3) is 5.91 Å². The molecule has 0 aliphatic carbocycles. The van der Waals surface area contributed by atoms with Gasteiger partial charge in [-0.2, -0.15) is 0 Å². The molecule has 2 rings (SSSR count). The van der Waals surface area contributed by atoms with E-state index in [-0.39, 0.29) is 18.4 Å². The van der Waals surface area contributed by atoms with Crippen molar-refractivity contribution in [2.24, 2.45) is 5.92 Å². The van der Waals surface area contributed by atoms with Crippen LogP contribution in [0.3, 0.4) is 0 Å². The highest BCUT2D eigenvalue weighted by molar-refractivity contribution is 5.88. The van der Waals surface area contributed by atoms with Crippen LogP contribution in [0.4, 0.5) is 0 Å². The first-order valence-corrected chi connectivity index (χ1v) is 10.6. The van der Waals surface area contributed by atoms with Crippen molar-refractivity contribution >= 4 is 11.8 Å². The second kappa shape index (κ2) is 11.4. The summed E-state index contributed by atoms with van der Waals surface area (Å²) < 4.78 is 5.71. The minimum absolute atomic E-state index is 0.108. The summed E-state index contributed by atoms with van der Waals surface area (Å²) in [5.74, 6) is 0.658. The fourth-order valence-electron chi connectivity index (χ4n) is 3.21. The van der Waals surface area contributed by atoms with Crippen molar-refractivity contribution in [3.63, 3.8) is 0 Å². The Morgan fingerprint density at radius 3 is 2.33 bits per heavy atom. The molecule has 0 unspecified atom stereocenters. The number of carbonyl (C=O) groups excluding carboxylic acids is 2. The van der Waals surface area contributed by atoms with Crippen LogP contribution in [0.2, 0.25) is 0 Å². The molecule has 2 aromatic rings. The second-order valence-corrected chi connectivity index (χ2v) is 8.18. The molecule has 0 fully saturated rings. The number of aryl methyl sites for hydroxylation is 2. The van der Waals surface area contributed by atoms with Gasteiger partial charge >= 0.3 is 0 Å². The van der Waals surface area contributed by atoms with Crippen LogP contribution in [-0.2, 0) is 16.1 Å². The maximum Gasteiger partial charge on any atom is 0.261 e. The zero-order valence-corrected chi connectivity index (χ0v) is 18.8. The maximum absolute atomic E-state index is 13.1. The standard InChI is InChI=1S/C25H34N2O3/c1-6-23(25(29)26-15-18(2)3)27(16-21-9-7-8-20(5)14-21)24(28)17-30-22-12-10-19(4)11-13-22/h7-14,18,23H,6,15-17H2,1-5H3,(H,26,29)/t23-/m0/s1. The predicted molar refractivity (Wildman–Crippen MR) is 120 cm³/mol. The van der Waals surface area contributed by atoms with Crippen molar-refractivity contribution in [2.75, 3.05) is 13.2 Å². The molecule has 0 aliphatic heterocycles. The van der Waals surface area contributed by atoms with E-state index in [1.807, 2.05) is 83.1 Å². The van der Waals surface area contributed by atoms with E-state index in [9.17, 15) is 9.59 Å². The van der Waals surface area contributed by atoms with Crippen LogP contribution < -0.4 is 10.1 Å². The maximum atomic E-state index is 13.1. The van der Waals surface area contributed by atoms with Gasteiger partial charge in [0, 0.05) is 13.1 Å². The van der Waals surface area contributed by atoms with Gasteiger partial charge in [-0.1, -0.05) is 68.3 Å². The lowest BCUT2D eigenvalue weighted by Gasteiger charge is -2.31. The van der Waals surface area contributed by atoms with Crippen molar-refractivity contribution < 1.29 is 14.3 Å². The number of nitrogens with one attached hydrogen (secondary N) is 1. The monoisotopic (exact) mass is 410 g/mol. The van der Waals surface area contributed by atoms with Gasteiger partial charge in [-0.15, -0.1) is 0 Å². The Morgan fingerprint density at radius 2 is 1.73 bits per heavy atom. The highest BCUT2D eigenvalue weighted by atomic mass is 16.5. The van der Waals surface area contributed by atoms with Gasteiger partial charge in [0.1, 0.15) is 11.8 Å². The third-order valence-electron chi connectivity index (χ3n) is 4.89. The van der Waals surface area contributed by atoms with E-state index in [2.05, 4.69) is 5.32 Å². The summed E-state index contributed by atoms with van der Waals surface area (Å²) >= 11 is 0. The molecule has 5 nitrogen and oxygen atoms in total. The van der Waals surface area contributed by atoms with Crippen molar-refractivity contribution in [3.8, 4) is 5.75 Å². The summed E-state index contributed by atoms with van der Waals surface area (Å²) in [5.41, 5.74) is 3.24. The van der Waals surface area contributed by atoms with Gasteiger partial charge in [0.05, 0.1) is 0 Å². The summed E-state index contributed by atoms with van der Waals surface area (Å²) in [5, 5.41) is 2.97. The van der Waals surface area contributed by atoms with Crippen LogP contribution in [0, 0.1) is 19.8 Å². The molecule has 0 aliphatic rings. The van der Waals surface area contributed by atoms with Crippen LogP contribution in [0.1, 0.15) is 43.9 Å². The molecule has 0 radical (unpaired) electrons. The molecular formula is C25H34N2O3. The number of hydrogen-bond donors (Lipinski definition) is 1. The van der Waals surface area contributed by atoms with Gasteiger partial charge in [0.15, 0.2) is 6.61 Å². The number of rotatable bonds is 10. The van der Waals surface area contributed by atoms with E-state index in [0.717, 1.165) is 16.7 Å². The number of ether oxygens (including phenoxy) is 1. The van der Waals surface area contributed by atoms with Gasteiger partial charge in [-0.25, -0.2) is 0 Å². The lowest BCUT2D eigenvalue weighted by Crippen LogP contribution is -2.50. The Kier molecular flexibility index (Phi) is 8.90. The average Bonchev–Trinajstić information content (AvgIpc) is 2.71. The lowest BCUT2D eigenvalue weighted by atomic mass is 10.1. The van der Waals surface area contributed by atoms with Crippen molar-refractivity contribution in [1.29, 1.82) is 0 Å². The lowest BCUT2D eigenvalue weighted by molar-refractivity contribution is -0.143. The summed E-state index contributed by atoms with van der Waals surface area (Å²) in [4.78, 5) is 27.6. The highest BCUT2D eigenvalue weighted by Crippen LogP contribution is 2.16. The number of hydrogen-bond acceptors (Lipinski definition) is 3. The smallest absolute Gasteiger partial charge is 0.261 e. The number of amides is 2. The summed E-state index contributed by atoms with van der Waals surface area (Å²) in [6.07, 6.45) is 0.534. The zero-order chi connectivity index (χ0) is 22.1. The minimum Gasteiger partial charge on any atom is -0.484 e. The molecule has 0 saturated carbocycles. The Labute approximate surface area is 180 Å². The number of carbonyl (C=O) groups is 2. The van der Waals surface area contributed by atoms with Crippen LogP contribution in [0.5, 0.6) is 5.75 Å². The van der Waals surface area contributed by atoms with E-state index in [1.165, 1.54) is 0 Å². The fraction of sp³-hybridized carbons (Fsp3) is 0.440. The third kappa shape index (κ3) is 7.21.